The first-order chi connectivity index (χ1) is 6.72. The van der Waals surface area contributed by atoms with Gasteiger partial charge in [-0.2, -0.15) is 0 Å². The molecule has 0 atom stereocenters. The molecule has 0 unspecified atom stereocenters. The average Bonchev–Trinajstić information content (AvgIpc) is 2.46. The second-order valence-corrected chi connectivity index (χ2v) is 4.76. The van der Waals surface area contributed by atoms with E-state index in [2.05, 4.69) is 0 Å². The molecule has 0 radical (unpaired) electrons. The van der Waals surface area contributed by atoms with Crippen molar-refractivity contribution in [2.75, 3.05) is 26.4 Å². The fraction of sp³-hybridized carbons (Fsp3) is 0.556. The molecule has 0 aliphatic carbocycles. The molecule has 0 aromatic carbocycles. The van der Waals surface area contributed by atoms with Gasteiger partial charge in [-0.3, -0.25) is 0 Å². The van der Waals surface area contributed by atoms with Crippen molar-refractivity contribution >= 4 is 22.9 Å². The zero-order valence-electron chi connectivity index (χ0n) is 7.53. The number of aliphatic hydroxyl groups is 1. The van der Waals surface area contributed by atoms with E-state index >= 15 is 0 Å². The Balaban J connectivity index is 2.25. The Morgan fingerprint density at radius 1 is 1.36 bits per heavy atom. The molecular weight excluding hydrogens is 224 g/mol. The van der Waals surface area contributed by atoms with E-state index in [4.69, 9.17) is 21.1 Å². The predicted molar refractivity (Wildman–Crippen MR) is 54.9 cm³/mol. The Kier molecular flexibility index (Phi) is 3.09. The third-order valence-corrected chi connectivity index (χ3v) is 3.34. The molecule has 0 bridgehead atoms. The summed E-state index contributed by atoms with van der Waals surface area (Å²) in [4.78, 5) is 0. The lowest BCUT2D eigenvalue weighted by atomic mass is 9.99. The summed E-state index contributed by atoms with van der Waals surface area (Å²) in [7, 11) is 0. The summed E-state index contributed by atoms with van der Waals surface area (Å²) >= 11 is 7.36. The first kappa shape index (κ1) is 10.4. The van der Waals surface area contributed by atoms with E-state index in [-0.39, 0.29) is 13.2 Å². The summed E-state index contributed by atoms with van der Waals surface area (Å²) in [5, 5.41) is 12.1. The normalized spacial score (nSPS) is 21.9. The van der Waals surface area contributed by atoms with E-state index in [1.165, 1.54) is 11.3 Å². The Bertz CT molecular complexity index is 305. The summed E-state index contributed by atoms with van der Waals surface area (Å²) in [6, 6.07) is 1.81. The number of ether oxygens (including phenoxy) is 2. The van der Waals surface area contributed by atoms with Crippen molar-refractivity contribution in [1.29, 1.82) is 0 Å². The highest BCUT2D eigenvalue weighted by Crippen LogP contribution is 2.33. The molecule has 1 aromatic rings. The van der Waals surface area contributed by atoms with Gasteiger partial charge in [0.15, 0.2) is 0 Å². The molecule has 0 spiro atoms. The van der Waals surface area contributed by atoms with Crippen molar-refractivity contribution in [2.24, 2.45) is 0 Å². The lowest BCUT2D eigenvalue weighted by Crippen LogP contribution is -2.34. The summed E-state index contributed by atoms with van der Waals surface area (Å²) in [5.74, 6) is 0. The Hall–Kier alpha value is -0.130. The average molecular weight is 235 g/mol. The molecule has 1 aliphatic heterocycles. The molecule has 1 saturated heterocycles. The summed E-state index contributed by atoms with van der Waals surface area (Å²) in [5.41, 5.74) is -0.390. The van der Waals surface area contributed by atoms with Crippen molar-refractivity contribution in [3.63, 3.8) is 0 Å². The van der Waals surface area contributed by atoms with Crippen LogP contribution in [0.1, 0.15) is 5.56 Å². The van der Waals surface area contributed by atoms with E-state index in [1.807, 2.05) is 11.4 Å². The van der Waals surface area contributed by atoms with E-state index < -0.39 is 5.60 Å². The minimum absolute atomic E-state index is 0.240. The van der Waals surface area contributed by atoms with Gasteiger partial charge in [-0.05, 0) is 11.4 Å². The number of rotatable bonds is 1. The van der Waals surface area contributed by atoms with E-state index in [0.717, 1.165) is 0 Å². The van der Waals surface area contributed by atoms with Gasteiger partial charge in [-0.15, -0.1) is 11.3 Å². The fourth-order valence-electron chi connectivity index (χ4n) is 1.43. The van der Waals surface area contributed by atoms with Crippen LogP contribution in [0.25, 0.3) is 0 Å². The van der Waals surface area contributed by atoms with Crippen molar-refractivity contribution in [3.05, 3.63) is 21.3 Å². The fourth-order valence-corrected chi connectivity index (χ4v) is 2.53. The number of halogens is 1. The van der Waals surface area contributed by atoms with Crippen LogP contribution in [0.15, 0.2) is 11.4 Å². The molecule has 1 aromatic heterocycles. The maximum Gasteiger partial charge on any atom is 0.138 e. The second kappa shape index (κ2) is 4.16. The third kappa shape index (κ3) is 1.94. The maximum atomic E-state index is 10.3. The van der Waals surface area contributed by atoms with Gasteiger partial charge >= 0.3 is 0 Å². The molecule has 78 valence electrons. The van der Waals surface area contributed by atoms with Crippen LogP contribution in [0.4, 0.5) is 0 Å². The smallest absolute Gasteiger partial charge is 0.138 e. The molecule has 2 rings (SSSR count). The van der Waals surface area contributed by atoms with Gasteiger partial charge in [-0.25, -0.2) is 0 Å². The van der Waals surface area contributed by atoms with Gasteiger partial charge in [0.1, 0.15) is 5.60 Å². The highest BCUT2D eigenvalue weighted by atomic mass is 35.5. The first-order valence-corrected chi connectivity index (χ1v) is 5.59. The number of thiophene rings is 1. The molecule has 1 fully saturated rings. The summed E-state index contributed by atoms with van der Waals surface area (Å²) in [6.45, 7) is 1.51. The Labute approximate surface area is 91.2 Å². The molecule has 3 nitrogen and oxygen atoms in total. The molecule has 5 heteroatoms. The topological polar surface area (TPSA) is 38.7 Å². The number of hydrogen-bond acceptors (Lipinski definition) is 4. The van der Waals surface area contributed by atoms with Gasteiger partial charge in [0.25, 0.3) is 0 Å². The first-order valence-electron chi connectivity index (χ1n) is 4.34. The van der Waals surface area contributed by atoms with Crippen LogP contribution in [0, 0.1) is 0 Å². The molecule has 0 amide bonds. The van der Waals surface area contributed by atoms with Crippen LogP contribution < -0.4 is 0 Å². The third-order valence-electron chi connectivity index (χ3n) is 2.17. The van der Waals surface area contributed by atoms with Crippen molar-refractivity contribution in [1.82, 2.24) is 0 Å². The van der Waals surface area contributed by atoms with Crippen molar-refractivity contribution in [2.45, 2.75) is 5.60 Å². The molecule has 14 heavy (non-hydrogen) atoms. The molecule has 1 aliphatic rings. The van der Waals surface area contributed by atoms with E-state index in [9.17, 15) is 5.11 Å². The standard InChI is InChI=1S/C9H11ClO3S/c10-8-7(1-4-14-8)9(11)5-12-2-3-13-6-9/h1,4,11H,2-3,5-6H2. The van der Waals surface area contributed by atoms with Crippen LogP contribution >= 0.6 is 22.9 Å². The molecule has 0 saturated carbocycles. The predicted octanol–water partition coefficient (Wildman–Crippen LogP) is 1.64. The van der Waals surface area contributed by atoms with Crippen LogP contribution in [0.5, 0.6) is 0 Å². The Morgan fingerprint density at radius 2 is 2.00 bits per heavy atom. The number of hydrogen-bond donors (Lipinski definition) is 1. The molecule has 1 N–H and O–H groups in total. The largest absolute Gasteiger partial charge is 0.380 e. The van der Waals surface area contributed by atoms with Gasteiger partial charge in [0.2, 0.25) is 0 Å². The lowest BCUT2D eigenvalue weighted by Gasteiger charge is -2.24. The van der Waals surface area contributed by atoms with Gasteiger partial charge < -0.3 is 14.6 Å². The highest BCUT2D eigenvalue weighted by Gasteiger charge is 2.34. The Morgan fingerprint density at radius 3 is 2.50 bits per heavy atom. The molecular formula is C9H11ClO3S. The van der Waals surface area contributed by atoms with Gasteiger partial charge in [-0.1, -0.05) is 11.6 Å². The zero-order valence-corrected chi connectivity index (χ0v) is 9.11. The van der Waals surface area contributed by atoms with Crippen LogP contribution in [-0.4, -0.2) is 31.5 Å². The lowest BCUT2D eigenvalue weighted by molar-refractivity contribution is -0.0595. The van der Waals surface area contributed by atoms with Crippen LogP contribution in [-0.2, 0) is 15.1 Å². The van der Waals surface area contributed by atoms with Crippen molar-refractivity contribution in [3.8, 4) is 0 Å². The SMILES string of the molecule is OC1(c2ccsc2Cl)COCCOC1. The minimum Gasteiger partial charge on any atom is -0.380 e. The second-order valence-electron chi connectivity index (χ2n) is 3.24. The zero-order chi connectivity index (χ0) is 10.0. The summed E-state index contributed by atoms with van der Waals surface area (Å²) < 4.78 is 11.1. The van der Waals surface area contributed by atoms with E-state index in [0.29, 0.717) is 23.1 Å². The minimum atomic E-state index is -1.09. The van der Waals surface area contributed by atoms with Crippen molar-refractivity contribution < 1.29 is 14.6 Å². The quantitative estimate of drug-likeness (QED) is 0.803. The maximum absolute atomic E-state index is 10.3. The monoisotopic (exact) mass is 234 g/mol. The van der Waals surface area contributed by atoms with Gasteiger partial charge in [0.05, 0.1) is 30.8 Å². The molecule has 2 heterocycles. The van der Waals surface area contributed by atoms with Gasteiger partial charge in [0, 0.05) is 5.56 Å². The summed E-state index contributed by atoms with van der Waals surface area (Å²) in [6.07, 6.45) is 0. The highest BCUT2D eigenvalue weighted by molar-refractivity contribution is 7.14. The van der Waals surface area contributed by atoms with Crippen LogP contribution in [0.3, 0.4) is 0 Å². The van der Waals surface area contributed by atoms with E-state index in [1.54, 1.807) is 0 Å². The van der Waals surface area contributed by atoms with Crippen LogP contribution in [0.2, 0.25) is 4.34 Å².